The number of rotatable bonds is 4. The van der Waals surface area contributed by atoms with Crippen molar-refractivity contribution in [3.05, 3.63) is 57.0 Å². The van der Waals surface area contributed by atoms with Crippen molar-refractivity contribution in [1.82, 2.24) is 0 Å². The van der Waals surface area contributed by atoms with E-state index in [-0.39, 0.29) is 6.04 Å². The van der Waals surface area contributed by atoms with Gasteiger partial charge in [0, 0.05) is 15.5 Å². The fourth-order valence-corrected chi connectivity index (χ4v) is 2.50. The Balaban J connectivity index is 2.22. The molecule has 106 valence electrons. The number of hydrogen-bond acceptors (Lipinski definition) is 2. The molecule has 2 N–H and O–H groups in total. The number of benzene rings is 2. The molecule has 0 aliphatic heterocycles. The van der Waals surface area contributed by atoms with Crippen LogP contribution in [0.15, 0.2) is 40.9 Å². The molecule has 0 bridgehead atoms. The van der Waals surface area contributed by atoms with Crippen molar-refractivity contribution in [2.75, 3.05) is 0 Å². The first-order chi connectivity index (χ1) is 9.45. The van der Waals surface area contributed by atoms with Crippen LogP contribution in [0, 0.1) is 6.92 Å². The van der Waals surface area contributed by atoms with Crippen LogP contribution >= 0.6 is 27.5 Å². The lowest BCUT2D eigenvalue weighted by Crippen LogP contribution is -2.17. The lowest BCUT2D eigenvalue weighted by atomic mass is 10.1. The molecule has 2 rings (SSSR count). The van der Waals surface area contributed by atoms with Gasteiger partial charge in [0.25, 0.3) is 0 Å². The zero-order valence-corrected chi connectivity index (χ0v) is 13.8. The van der Waals surface area contributed by atoms with Gasteiger partial charge in [-0.3, -0.25) is 0 Å². The van der Waals surface area contributed by atoms with Gasteiger partial charge >= 0.3 is 0 Å². The maximum absolute atomic E-state index is 6.27. The van der Waals surface area contributed by atoms with E-state index in [1.54, 1.807) is 0 Å². The van der Waals surface area contributed by atoms with E-state index in [9.17, 15) is 0 Å². The molecular formula is C16H17BrClNO. The monoisotopic (exact) mass is 353 g/mol. The molecule has 0 heterocycles. The molecule has 0 aliphatic rings. The van der Waals surface area contributed by atoms with Crippen molar-refractivity contribution in [3.63, 3.8) is 0 Å². The highest BCUT2D eigenvalue weighted by Crippen LogP contribution is 2.30. The summed E-state index contributed by atoms with van der Waals surface area (Å²) in [5, 5.41) is 0.687. The van der Waals surface area contributed by atoms with E-state index in [1.165, 1.54) is 0 Å². The molecule has 0 radical (unpaired) electrons. The molecule has 0 saturated heterocycles. The second-order valence-electron chi connectivity index (χ2n) is 4.95. The van der Waals surface area contributed by atoms with E-state index in [2.05, 4.69) is 15.9 Å². The molecule has 0 aromatic heterocycles. The van der Waals surface area contributed by atoms with Gasteiger partial charge < -0.3 is 10.5 Å². The predicted molar refractivity (Wildman–Crippen MR) is 87.8 cm³/mol. The van der Waals surface area contributed by atoms with E-state index in [0.717, 1.165) is 33.5 Å². The third kappa shape index (κ3) is 3.98. The van der Waals surface area contributed by atoms with Crippen molar-refractivity contribution in [1.29, 1.82) is 0 Å². The molecule has 4 heteroatoms. The van der Waals surface area contributed by atoms with E-state index in [4.69, 9.17) is 22.1 Å². The summed E-state index contributed by atoms with van der Waals surface area (Å²) < 4.78 is 6.87. The average molecular weight is 355 g/mol. The minimum Gasteiger partial charge on any atom is -0.457 e. The van der Waals surface area contributed by atoms with Crippen LogP contribution in [0.4, 0.5) is 0 Å². The Morgan fingerprint density at radius 2 is 2.00 bits per heavy atom. The fraction of sp³-hybridized carbons (Fsp3) is 0.250. The van der Waals surface area contributed by atoms with Gasteiger partial charge in [-0.25, -0.2) is 0 Å². The molecule has 0 saturated carbocycles. The molecule has 2 aromatic rings. The van der Waals surface area contributed by atoms with Crippen LogP contribution in [0.25, 0.3) is 0 Å². The van der Waals surface area contributed by atoms with Crippen LogP contribution in [0.5, 0.6) is 11.5 Å². The van der Waals surface area contributed by atoms with Crippen molar-refractivity contribution in [3.8, 4) is 11.5 Å². The lowest BCUT2D eigenvalue weighted by molar-refractivity contribution is 0.478. The first kappa shape index (κ1) is 15.4. The first-order valence-corrected chi connectivity index (χ1v) is 7.61. The Kier molecular flexibility index (Phi) is 5.08. The normalized spacial score (nSPS) is 12.2. The standard InChI is InChI=1S/C16H17BrClNO/c1-10-3-5-13(17)8-16(10)20-14-6-4-12(7-11(2)19)15(18)9-14/h3-6,8-9,11H,7,19H2,1-2H3. The fourth-order valence-electron chi connectivity index (χ4n) is 1.91. The van der Waals surface area contributed by atoms with Crippen LogP contribution in [-0.2, 0) is 6.42 Å². The lowest BCUT2D eigenvalue weighted by Gasteiger charge is -2.12. The van der Waals surface area contributed by atoms with Gasteiger partial charge in [-0.2, -0.15) is 0 Å². The maximum Gasteiger partial charge on any atom is 0.131 e. The highest BCUT2D eigenvalue weighted by molar-refractivity contribution is 9.10. The smallest absolute Gasteiger partial charge is 0.131 e. The average Bonchev–Trinajstić information content (AvgIpc) is 2.37. The van der Waals surface area contributed by atoms with Gasteiger partial charge in [-0.05, 0) is 55.7 Å². The topological polar surface area (TPSA) is 35.2 Å². The highest BCUT2D eigenvalue weighted by atomic mass is 79.9. The summed E-state index contributed by atoms with van der Waals surface area (Å²) in [5.41, 5.74) is 7.91. The van der Waals surface area contributed by atoms with Crippen molar-refractivity contribution in [2.24, 2.45) is 5.73 Å². The largest absolute Gasteiger partial charge is 0.457 e. The predicted octanol–water partition coefficient (Wildman–Crippen LogP) is 5.09. The van der Waals surface area contributed by atoms with Gasteiger partial charge in [-0.15, -0.1) is 0 Å². The molecule has 0 fully saturated rings. The van der Waals surface area contributed by atoms with Crippen LogP contribution < -0.4 is 10.5 Å². The minimum absolute atomic E-state index is 0.0894. The van der Waals surface area contributed by atoms with Crippen molar-refractivity contribution in [2.45, 2.75) is 26.3 Å². The van der Waals surface area contributed by atoms with Crippen LogP contribution in [0.3, 0.4) is 0 Å². The second-order valence-corrected chi connectivity index (χ2v) is 6.27. The molecule has 0 aliphatic carbocycles. The van der Waals surface area contributed by atoms with E-state index >= 15 is 0 Å². The Morgan fingerprint density at radius 3 is 2.65 bits per heavy atom. The van der Waals surface area contributed by atoms with Crippen molar-refractivity contribution < 1.29 is 4.74 Å². The summed E-state index contributed by atoms with van der Waals surface area (Å²) in [4.78, 5) is 0. The number of nitrogens with two attached hydrogens (primary N) is 1. The van der Waals surface area contributed by atoms with Gasteiger partial charge in [0.05, 0.1) is 0 Å². The van der Waals surface area contributed by atoms with Gasteiger partial charge in [0.15, 0.2) is 0 Å². The minimum atomic E-state index is 0.0894. The quantitative estimate of drug-likeness (QED) is 0.829. The van der Waals surface area contributed by atoms with E-state index in [1.807, 2.05) is 50.2 Å². The Hall–Kier alpha value is -1.03. The van der Waals surface area contributed by atoms with Crippen LogP contribution in [0.2, 0.25) is 5.02 Å². The third-order valence-electron chi connectivity index (χ3n) is 2.94. The zero-order valence-electron chi connectivity index (χ0n) is 11.5. The molecule has 0 amide bonds. The van der Waals surface area contributed by atoms with Gasteiger partial charge in [0.1, 0.15) is 11.5 Å². The molecule has 1 atom stereocenters. The summed E-state index contributed by atoms with van der Waals surface area (Å²) in [6, 6.07) is 11.7. The first-order valence-electron chi connectivity index (χ1n) is 6.43. The Morgan fingerprint density at radius 1 is 1.25 bits per heavy atom. The van der Waals surface area contributed by atoms with Crippen LogP contribution in [0.1, 0.15) is 18.1 Å². The number of halogens is 2. The molecule has 2 aromatic carbocycles. The van der Waals surface area contributed by atoms with Gasteiger partial charge in [0.2, 0.25) is 0 Å². The third-order valence-corrected chi connectivity index (χ3v) is 3.79. The highest BCUT2D eigenvalue weighted by Gasteiger charge is 2.07. The summed E-state index contributed by atoms with van der Waals surface area (Å²) in [7, 11) is 0. The SMILES string of the molecule is Cc1ccc(Br)cc1Oc1ccc(CC(C)N)c(Cl)c1. The zero-order chi connectivity index (χ0) is 14.7. The Labute approximate surface area is 133 Å². The van der Waals surface area contributed by atoms with E-state index < -0.39 is 0 Å². The second kappa shape index (κ2) is 6.61. The summed E-state index contributed by atoms with van der Waals surface area (Å²) in [6.45, 7) is 3.97. The maximum atomic E-state index is 6.27. The summed E-state index contributed by atoms with van der Waals surface area (Å²) >= 11 is 9.71. The molecule has 2 nitrogen and oxygen atoms in total. The van der Waals surface area contributed by atoms with E-state index in [0.29, 0.717) is 5.02 Å². The Bertz CT molecular complexity index is 613. The summed E-state index contributed by atoms with van der Waals surface area (Å²) in [5.74, 6) is 1.54. The molecular weight excluding hydrogens is 338 g/mol. The molecule has 0 spiro atoms. The summed E-state index contributed by atoms with van der Waals surface area (Å²) in [6.07, 6.45) is 0.759. The number of hydrogen-bond donors (Lipinski definition) is 1. The van der Waals surface area contributed by atoms with Crippen molar-refractivity contribution >= 4 is 27.5 Å². The number of aryl methyl sites for hydroxylation is 1. The van der Waals surface area contributed by atoms with Gasteiger partial charge in [-0.1, -0.05) is 39.7 Å². The van der Waals surface area contributed by atoms with Crippen LogP contribution in [-0.4, -0.2) is 6.04 Å². The molecule has 20 heavy (non-hydrogen) atoms. The molecule has 1 unspecified atom stereocenters. The number of ether oxygens (including phenoxy) is 1.